The fourth-order valence-electron chi connectivity index (χ4n) is 10.3. The van der Waals surface area contributed by atoms with Gasteiger partial charge in [0.15, 0.2) is 5.78 Å². The van der Waals surface area contributed by atoms with E-state index in [-0.39, 0.29) is 92.8 Å². The Kier molecular flexibility index (Phi) is 26.4. The fourth-order valence-corrected chi connectivity index (χ4v) is 10.3. The SMILES string of the molecule is CO[C@@H](C)/C(C)=C/C=C/C=C/[C@@H](C)C[C@@H](C)C(=O)[C@H](OC)[C@H](OC(C)(C)C)/C(C)=C/[C@@H](C)C(=O)C[C@H](OC(=O)[C@@H]1CCCCN1C(=O)C(=O)[C@]1(O)OCCC[C@H]1C)[C@H](C)C[C@@H]1CC[C@@H](OCCO)[C@H](OC)C1. The zero-order valence-corrected chi connectivity index (χ0v) is 46.3. The van der Waals surface area contributed by atoms with Gasteiger partial charge in [-0.3, -0.25) is 19.2 Å². The van der Waals surface area contributed by atoms with Gasteiger partial charge >= 0.3 is 5.97 Å². The molecule has 0 radical (unpaired) electrons. The molecule has 2 aliphatic heterocycles. The molecular weight excluding hydrogens is 923 g/mol. The third-order valence-electron chi connectivity index (χ3n) is 14.9. The summed E-state index contributed by atoms with van der Waals surface area (Å²) in [6, 6.07) is -1.10. The molecule has 2 N–H and O–H groups in total. The Bertz CT molecular complexity index is 1870. The first kappa shape index (κ1) is 62.9. The molecule has 14 atom stereocenters. The van der Waals surface area contributed by atoms with Gasteiger partial charge in [0.1, 0.15) is 30.1 Å². The predicted molar refractivity (Wildman–Crippen MR) is 277 cm³/mol. The quantitative estimate of drug-likeness (QED) is 0.0329. The molecule has 72 heavy (non-hydrogen) atoms. The summed E-state index contributed by atoms with van der Waals surface area (Å²) in [4.78, 5) is 71.9. The molecule has 1 aliphatic carbocycles. The number of hydrogen-bond donors (Lipinski definition) is 2. The van der Waals surface area contributed by atoms with Crippen molar-refractivity contribution in [2.45, 2.75) is 201 Å². The van der Waals surface area contributed by atoms with Crippen LogP contribution in [0, 0.1) is 35.5 Å². The van der Waals surface area contributed by atoms with E-state index in [1.807, 2.05) is 79.7 Å². The van der Waals surface area contributed by atoms with E-state index in [4.69, 9.17) is 33.2 Å². The Morgan fingerprint density at radius 3 is 2.19 bits per heavy atom. The summed E-state index contributed by atoms with van der Waals surface area (Å²) in [6.07, 6.45) is 14.6. The third-order valence-corrected chi connectivity index (χ3v) is 14.9. The van der Waals surface area contributed by atoms with Crippen LogP contribution >= 0.6 is 0 Å². The number of ketones is 3. The highest BCUT2D eigenvalue weighted by molar-refractivity contribution is 6.39. The number of aliphatic hydroxyl groups is 2. The summed E-state index contributed by atoms with van der Waals surface area (Å²) in [5.41, 5.74) is 1.08. The Morgan fingerprint density at radius 1 is 0.861 bits per heavy atom. The summed E-state index contributed by atoms with van der Waals surface area (Å²) in [5, 5.41) is 20.6. The summed E-state index contributed by atoms with van der Waals surface area (Å²) in [5.74, 6) is -7.14. The van der Waals surface area contributed by atoms with Crippen LogP contribution < -0.4 is 0 Å². The Balaban J connectivity index is 1.89. The molecule has 3 rings (SSSR count). The van der Waals surface area contributed by atoms with Crippen LogP contribution in [-0.4, -0.2) is 146 Å². The molecule has 15 heteroatoms. The van der Waals surface area contributed by atoms with E-state index in [1.54, 1.807) is 34.1 Å². The first-order chi connectivity index (χ1) is 33.9. The van der Waals surface area contributed by atoms with Crippen LogP contribution in [0.1, 0.15) is 147 Å². The van der Waals surface area contributed by atoms with Crippen molar-refractivity contribution in [1.29, 1.82) is 0 Å². The van der Waals surface area contributed by atoms with Crippen LogP contribution in [0.25, 0.3) is 0 Å². The minimum Gasteiger partial charge on any atom is -0.460 e. The number of piperidine rings is 1. The topological polar surface area (TPSA) is 194 Å². The molecule has 1 saturated carbocycles. The maximum atomic E-state index is 14.5. The van der Waals surface area contributed by atoms with E-state index in [0.29, 0.717) is 56.9 Å². The summed E-state index contributed by atoms with van der Waals surface area (Å²) >= 11 is 0. The molecule has 0 bridgehead atoms. The Morgan fingerprint density at radius 2 is 1.57 bits per heavy atom. The van der Waals surface area contributed by atoms with Gasteiger partial charge in [-0.05, 0) is 135 Å². The van der Waals surface area contributed by atoms with Gasteiger partial charge < -0.3 is 48.3 Å². The van der Waals surface area contributed by atoms with Crippen molar-refractivity contribution in [3.63, 3.8) is 0 Å². The number of carbonyl (C=O) groups is 5. The minimum atomic E-state index is -2.28. The van der Waals surface area contributed by atoms with Gasteiger partial charge in [-0.2, -0.15) is 0 Å². The van der Waals surface area contributed by atoms with E-state index < -0.39 is 65.2 Å². The highest BCUT2D eigenvalue weighted by Gasteiger charge is 2.51. The van der Waals surface area contributed by atoms with Crippen LogP contribution in [0.15, 0.2) is 47.6 Å². The third kappa shape index (κ3) is 18.8. The van der Waals surface area contributed by atoms with Gasteiger partial charge in [-0.25, -0.2) is 4.79 Å². The summed E-state index contributed by atoms with van der Waals surface area (Å²) in [7, 11) is 4.82. The maximum Gasteiger partial charge on any atom is 0.329 e. The van der Waals surface area contributed by atoms with Crippen LogP contribution in [0.2, 0.25) is 0 Å². The average molecular weight is 1020 g/mol. The van der Waals surface area contributed by atoms with Gasteiger partial charge in [0.2, 0.25) is 5.79 Å². The van der Waals surface area contributed by atoms with Gasteiger partial charge in [-0.15, -0.1) is 0 Å². The monoisotopic (exact) mass is 1020 g/mol. The molecule has 1 amide bonds. The number of nitrogens with zero attached hydrogens (tertiary/aromatic N) is 1. The lowest BCUT2D eigenvalue weighted by Gasteiger charge is -2.40. The molecule has 0 aromatic heterocycles. The van der Waals surface area contributed by atoms with Crippen LogP contribution in [0.3, 0.4) is 0 Å². The number of Topliss-reactive ketones (excluding diaryl/α,β-unsaturated/α-hetero) is 3. The van der Waals surface area contributed by atoms with Gasteiger partial charge in [-0.1, -0.05) is 71.1 Å². The number of methoxy groups -OCH3 is 3. The van der Waals surface area contributed by atoms with Gasteiger partial charge in [0.05, 0.1) is 43.7 Å². The number of hydrogen-bond acceptors (Lipinski definition) is 14. The second kappa shape index (κ2) is 30.2. The molecule has 2 heterocycles. The first-order valence-corrected chi connectivity index (χ1v) is 26.6. The predicted octanol–water partition coefficient (Wildman–Crippen LogP) is 8.27. The van der Waals surface area contributed by atoms with Crippen LogP contribution in [0.5, 0.6) is 0 Å². The van der Waals surface area contributed by atoms with Crippen LogP contribution in [0.4, 0.5) is 0 Å². The fraction of sp³-hybridized carbons (Fsp3) is 0.772. The highest BCUT2D eigenvalue weighted by atomic mass is 16.6. The van der Waals surface area contributed by atoms with Gasteiger partial charge in [0, 0.05) is 52.0 Å². The molecular formula is C57H93NO14. The Hall–Kier alpha value is -3.41. The number of ether oxygens (including phenoxy) is 7. The number of esters is 1. The normalized spacial score (nSPS) is 27.2. The standard InChI is InChI=1S/C57H93NO14/c1-36(21-16-15-17-22-37(2)43(8)66-12)31-40(5)50(61)52(68-14)51(72-56(9,10)11)41(6)32-38(3)46(60)35-48(39(4)33-44-25-26-47(69-30-28-59)49(34-44)67-13)71-55(64)45-24-18-19-27-58(45)54(63)53(62)57(65)42(7)23-20-29-70-57/h15-17,21-22,32,36,38-40,42-45,47-49,51-52,59,65H,18-20,23-31,33-35H2,1-14H3/b17-15+,21-16+,37-22+,41-32+/t36-,38-,39-,40-,42-,43+,44+,45+,47-,48+,49-,51-,52+,57-/m1/s1. The molecule has 0 spiro atoms. The van der Waals surface area contributed by atoms with Crippen molar-refractivity contribution < 1.29 is 67.3 Å². The van der Waals surface area contributed by atoms with Crippen molar-refractivity contribution in [3.05, 3.63) is 47.6 Å². The first-order valence-electron chi connectivity index (χ1n) is 26.6. The van der Waals surface area contributed by atoms with E-state index in [1.165, 1.54) is 12.0 Å². The molecule has 3 fully saturated rings. The number of allylic oxidation sites excluding steroid dienone is 6. The summed E-state index contributed by atoms with van der Waals surface area (Å²) < 4.78 is 41.4. The maximum absolute atomic E-state index is 14.5. The van der Waals surface area contributed by atoms with Gasteiger partial charge in [0.25, 0.3) is 11.7 Å². The number of likely N-dealkylation sites (tertiary alicyclic amines) is 1. The number of amides is 1. The zero-order chi connectivity index (χ0) is 53.9. The van der Waals surface area contributed by atoms with Crippen molar-refractivity contribution in [1.82, 2.24) is 4.90 Å². The molecule has 2 saturated heterocycles. The van der Waals surface area contributed by atoms with Crippen LogP contribution in [-0.2, 0) is 57.1 Å². The van der Waals surface area contributed by atoms with E-state index in [0.717, 1.165) is 12.0 Å². The van der Waals surface area contributed by atoms with Crippen molar-refractivity contribution in [3.8, 4) is 0 Å². The molecule has 0 aromatic carbocycles. The lowest BCUT2D eigenvalue weighted by Crippen LogP contribution is -2.59. The van der Waals surface area contributed by atoms with Crippen molar-refractivity contribution in [2.75, 3.05) is 47.7 Å². The number of carbonyl (C=O) groups excluding carboxylic acids is 5. The highest BCUT2D eigenvalue weighted by Crippen LogP contribution is 2.36. The molecule has 3 aliphatic rings. The summed E-state index contributed by atoms with van der Waals surface area (Å²) in [6.45, 7) is 21.3. The molecule has 410 valence electrons. The molecule has 15 nitrogen and oxygen atoms in total. The molecule has 0 aromatic rings. The average Bonchev–Trinajstić information content (AvgIpc) is 3.34. The second-order valence-electron chi connectivity index (χ2n) is 22.0. The van der Waals surface area contributed by atoms with E-state index in [2.05, 4.69) is 13.0 Å². The second-order valence-corrected chi connectivity index (χ2v) is 22.0. The Labute approximate surface area is 431 Å². The van der Waals surface area contributed by atoms with E-state index in [9.17, 15) is 34.2 Å². The number of aliphatic hydroxyl groups excluding tert-OH is 1. The minimum absolute atomic E-state index is 0.0312. The smallest absolute Gasteiger partial charge is 0.329 e. The van der Waals surface area contributed by atoms with Crippen molar-refractivity contribution >= 4 is 29.2 Å². The zero-order valence-electron chi connectivity index (χ0n) is 46.3. The van der Waals surface area contributed by atoms with Crippen molar-refractivity contribution in [2.24, 2.45) is 35.5 Å². The lowest BCUT2D eigenvalue weighted by molar-refractivity contribution is -0.241. The largest absolute Gasteiger partial charge is 0.460 e. The number of rotatable bonds is 28. The molecule has 0 unspecified atom stereocenters. The van der Waals surface area contributed by atoms with E-state index >= 15 is 0 Å². The lowest BCUT2D eigenvalue weighted by atomic mass is 9.78.